The number of hydrogen-bond acceptors (Lipinski definition) is 5. The van der Waals surface area contributed by atoms with Crippen LogP contribution < -0.4 is 23.7 Å². The molecule has 5 nitrogen and oxygen atoms in total. The van der Waals surface area contributed by atoms with Crippen molar-refractivity contribution in [2.75, 3.05) is 28.4 Å². The largest absolute Gasteiger partial charge is 0.492 e. The van der Waals surface area contributed by atoms with Crippen LogP contribution in [-0.2, 0) is 0 Å². The maximum absolute atomic E-state index is 6.43. The second-order valence-corrected chi connectivity index (χ2v) is 6.64. The first-order valence-electron chi connectivity index (χ1n) is 8.86. The summed E-state index contributed by atoms with van der Waals surface area (Å²) in [6, 6.07) is 0. The predicted molar refractivity (Wildman–Crippen MR) is 108 cm³/mol. The van der Waals surface area contributed by atoms with Crippen molar-refractivity contribution < 1.29 is 23.7 Å². The van der Waals surface area contributed by atoms with E-state index in [1.807, 2.05) is 41.5 Å². The van der Waals surface area contributed by atoms with Gasteiger partial charge in [0.25, 0.3) is 0 Å². The lowest BCUT2D eigenvalue weighted by molar-refractivity contribution is 0.316. The van der Waals surface area contributed by atoms with Crippen LogP contribution in [0.5, 0.6) is 34.5 Å². The highest BCUT2D eigenvalue weighted by Gasteiger charge is 2.26. The molecule has 0 aliphatic carbocycles. The van der Waals surface area contributed by atoms with Gasteiger partial charge in [-0.1, -0.05) is 0 Å². The van der Waals surface area contributed by atoms with Crippen LogP contribution in [0.25, 0.3) is 0 Å². The van der Waals surface area contributed by atoms with Crippen LogP contribution in [0.15, 0.2) is 0 Å². The molecular weight excluding hydrogens is 344 g/mol. The topological polar surface area (TPSA) is 46.2 Å². The van der Waals surface area contributed by atoms with Crippen molar-refractivity contribution >= 4 is 0 Å². The highest BCUT2D eigenvalue weighted by molar-refractivity contribution is 5.67. The normalized spacial score (nSPS) is 10.6. The first-order valence-corrected chi connectivity index (χ1v) is 8.86. The van der Waals surface area contributed by atoms with Crippen molar-refractivity contribution in [3.8, 4) is 34.5 Å². The molecular formula is C22H30O5. The number of rotatable bonds is 6. The molecule has 0 N–H and O–H groups in total. The summed E-state index contributed by atoms with van der Waals surface area (Å²) in [5, 5.41) is 0. The zero-order valence-electron chi connectivity index (χ0n) is 18.0. The zero-order valence-corrected chi connectivity index (χ0v) is 18.0. The van der Waals surface area contributed by atoms with Crippen molar-refractivity contribution in [2.45, 2.75) is 41.5 Å². The number of ether oxygens (including phenoxy) is 5. The van der Waals surface area contributed by atoms with Crippen LogP contribution in [0, 0.1) is 41.5 Å². The molecule has 2 aromatic carbocycles. The van der Waals surface area contributed by atoms with E-state index in [4.69, 9.17) is 23.7 Å². The fourth-order valence-electron chi connectivity index (χ4n) is 3.34. The van der Waals surface area contributed by atoms with E-state index in [1.165, 1.54) is 0 Å². The molecule has 0 saturated carbocycles. The SMILES string of the molecule is COc1c(C)c(C)c(C)c(Oc2c(C)c(C)c(C)c(OC)c2OC)c1OC. The van der Waals surface area contributed by atoms with E-state index in [1.54, 1.807) is 28.4 Å². The van der Waals surface area contributed by atoms with Gasteiger partial charge in [0.2, 0.25) is 11.5 Å². The molecule has 27 heavy (non-hydrogen) atoms. The zero-order chi connectivity index (χ0) is 20.5. The summed E-state index contributed by atoms with van der Waals surface area (Å²) in [6.45, 7) is 12.1. The van der Waals surface area contributed by atoms with Crippen molar-refractivity contribution in [3.05, 3.63) is 33.4 Å². The minimum absolute atomic E-state index is 0.566. The Morgan fingerprint density at radius 2 is 0.593 bits per heavy atom. The van der Waals surface area contributed by atoms with Gasteiger partial charge in [-0.2, -0.15) is 0 Å². The van der Waals surface area contributed by atoms with Crippen molar-refractivity contribution in [3.63, 3.8) is 0 Å². The summed E-state index contributed by atoms with van der Waals surface area (Å²) in [5.41, 5.74) is 6.22. The summed E-state index contributed by atoms with van der Waals surface area (Å²) in [4.78, 5) is 0. The summed E-state index contributed by atoms with van der Waals surface area (Å²) >= 11 is 0. The smallest absolute Gasteiger partial charge is 0.204 e. The highest BCUT2D eigenvalue weighted by Crippen LogP contribution is 2.51. The Morgan fingerprint density at radius 1 is 0.333 bits per heavy atom. The monoisotopic (exact) mass is 374 g/mol. The molecule has 0 radical (unpaired) electrons. The van der Waals surface area contributed by atoms with Crippen LogP contribution in [0.2, 0.25) is 0 Å². The molecule has 0 heterocycles. The standard InChI is InChI=1S/C22H30O5/c1-11-13(3)17(23-7)21(25-9)19(15(11)5)27-20-16(6)12(2)14(4)18(24-8)22(20)26-10/h1-10H3. The van der Waals surface area contributed by atoms with E-state index >= 15 is 0 Å². The van der Waals surface area contributed by atoms with Gasteiger partial charge in [-0.3, -0.25) is 0 Å². The molecule has 148 valence electrons. The van der Waals surface area contributed by atoms with Gasteiger partial charge in [0.15, 0.2) is 23.0 Å². The van der Waals surface area contributed by atoms with Crippen LogP contribution in [0.4, 0.5) is 0 Å². The summed E-state index contributed by atoms with van der Waals surface area (Å²) in [5.74, 6) is 3.70. The first kappa shape index (κ1) is 20.7. The van der Waals surface area contributed by atoms with Crippen molar-refractivity contribution in [1.29, 1.82) is 0 Å². The molecule has 2 aromatic rings. The molecule has 0 amide bonds. The van der Waals surface area contributed by atoms with E-state index in [0.29, 0.717) is 34.5 Å². The van der Waals surface area contributed by atoms with Gasteiger partial charge in [0, 0.05) is 0 Å². The lowest BCUT2D eigenvalue weighted by Gasteiger charge is -2.24. The van der Waals surface area contributed by atoms with Gasteiger partial charge in [-0.15, -0.1) is 0 Å². The number of methoxy groups -OCH3 is 4. The Labute approximate surface area is 162 Å². The van der Waals surface area contributed by atoms with E-state index in [0.717, 1.165) is 33.4 Å². The molecule has 2 rings (SSSR count). The summed E-state index contributed by atoms with van der Waals surface area (Å²) in [7, 11) is 6.50. The Morgan fingerprint density at radius 3 is 0.852 bits per heavy atom. The average Bonchev–Trinajstić information content (AvgIpc) is 2.67. The molecule has 0 spiro atoms. The second-order valence-electron chi connectivity index (χ2n) is 6.64. The molecule has 0 aliphatic rings. The molecule has 0 aliphatic heterocycles. The van der Waals surface area contributed by atoms with E-state index in [-0.39, 0.29) is 0 Å². The van der Waals surface area contributed by atoms with Crippen LogP contribution >= 0.6 is 0 Å². The molecule has 5 heteroatoms. The van der Waals surface area contributed by atoms with E-state index in [2.05, 4.69) is 0 Å². The van der Waals surface area contributed by atoms with E-state index < -0.39 is 0 Å². The third kappa shape index (κ3) is 3.27. The van der Waals surface area contributed by atoms with Crippen LogP contribution in [0.1, 0.15) is 33.4 Å². The lowest BCUT2D eigenvalue weighted by Crippen LogP contribution is -2.05. The number of hydrogen-bond donors (Lipinski definition) is 0. The Hall–Kier alpha value is -2.56. The molecule has 0 bridgehead atoms. The molecule has 0 unspecified atom stereocenters. The molecule has 0 fully saturated rings. The van der Waals surface area contributed by atoms with Crippen LogP contribution in [-0.4, -0.2) is 28.4 Å². The predicted octanol–water partition coefficient (Wildman–Crippen LogP) is 5.36. The average molecular weight is 374 g/mol. The fraction of sp³-hybridized carbons (Fsp3) is 0.455. The maximum atomic E-state index is 6.43. The van der Waals surface area contributed by atoms with Gasteiger partial charge < -0.3 is 23.7 Å². The Bertz CT molecular complexity index is 797. The van der Waals surface area contributed by atoms with E-state index in [9.17, 15) is 0 Å². The Balaban J connectivity index is 2.82. The quantitative estimate of drug-likeness (QED) is 0.681. The maximum Gasteiger partial charge on any atom is 0.204 e. The van der Waals surface area contributed by atoms with Gasteiger partial charge >= 0.3 is 0 Å². The highest BCUT2D eigenvalue weighted by atomic mass is 16.6. The molecule has 0 atom stereocenters. The minimum Gasteiger partial charge on any atom is -0.492 e. The minimum atomic E-state index is 0.566. The van der Waals surface area contributed by atoms with Gasteiger partial charge in [-0.25, -0.2) is 0 Å². The van der Waals surface area contributed by atoms with Crippen LogP contribution in [0.3, 0.4) is 0 Å². The lowest BCUT2D eigenvalue weighted by atomic mass is 9.99. The third-order valence-corrected chi connectivity index (χ3v) is 5.46. The molecule has 0 aromatic heterocycles. The summed E-state index contributed by atoms with van der Waals surface area (Å²) < 4.78 is 28.9. The fourth-order valence-corrected chi connectivity index (χ4v) is 3.34. The molecule has 0 saturated heterocycles. The number of benzene rings is 2. The van der Waals surface area contributed by atoms with Crippen molar-refractivity contribution in [2.24, 2.45) is 0 Å². The second kappa shape index (κ2) is 7.99. The van der Waals surface area contributed by atoms with Gasteiger partial charge in [0.05, 0.1) is 28.4 Å². The summed E-state index contributed by atoms with van der Waals surface area (Å²) in [6.07, 6.45) is 0. The first-order chi connectivity index (χ1) is 12.7. The van der Waals surface area contributed by atoms with Gasteiger partial charge in [-0.05, 0) is 74.9 Å². The Kier molecular flexibility index (Phi) is 6.14. The van der Waals surface area contributed by atoms with Gasteiger partial charge in [0.1, 0.15) is 0 Å². The third-order valence-electron chi connectivity index (χ3n) is 5.46. The van der Waals surface area contributed by atoms with Crippen molar-refractivity contribution in [1.82, 2.24) is 0 Å².